The van der Waals surface area contributed by atoms with Crippen LogP contribution in [-0.2, 0) is 9.47 Å². The fourth-order valence-electron chi connectivity index (χ4n) is 2.77. The first-order chi connectivity index (χ1) is 9.72. The standard InChI is InChI=1S/C15H17BrN2O2/c1-19-14-8-18(9-15(14)20-2)13-5-6-17-12-4-3-10(16)7-11(12)13/h3-7,14-15H,8-9H2,1-2H3. The maximum absolute atomic E-state index is 5.51. The first-order valence-electron chi connectivity index (χ1n) is 6.57. The Hall–Kier alpha value is -1.17. The lowest BCUT2D eigenvalue weighted by molar-refractivity contribution is -0.00461. The quantitative estimate of drug-likeness (QED) is 0.863. The van der Waals surface area contributed by atoms with Gasteiger partial charge in [0.1, 0.15) is 12.2 Å². The van der Waals surface area contributed by atoms with Crippen LogP contribution >= 0.6 is 15.9 Å². The van der Waals surface area contributed by atoms with Gasteiger partial charge in [-0.2, -0.15) is 0 Å². The number of methoxy groups -OCH3 is 2. The summed E-state index contributed by atoms with van der Waals surface area (Å²) in [5, 5.41) is 1.15. The molecule has 1 fully saturated rings. The smallest absolute Gasteiger partial charge is 0.102 e. The summed E-state index contributed by atoms with van der Waals surface area (Å²) in [7, 11) is 3.48. The predicted molar refractivity (Wildman–Crippen MR) is 83.3 cm³/mol. The maximum Gasteiger partial charge on any atom is 0.102 e. The second kappa shape index (κ2) is 5.68. The molecular formula is C15H17BrN2O2. The molecule has 1 aromatic carbocycles. The molecule has 3 rings (SSSR count). The van der Waals surface area contributed by atoms with Gasteiger partial charge in [-0.1, -0.05) is 15.9 Å². The van der Waals surface area contributed by atoms with Crippen LogP contribution in [0, 0.1) is 0 Å². The van der Waals surface area contributed by atoms with Gasteiger partial charge in [-0.15, -0.1) is 0 Å². The largest absolute Gasteiger partial charge is 0.377 e. The molecule has 2 unspecified atom stereocenters. The second-order valence-corrected chi connectivity index (χ2v) is 5.86. The van der Waals surface area contributed by atoms with E-state index < -0.39 is 0 Å². The molecule has 0 spiro atoms. The molecule has 1 saturated heterocycles. The minimum Gasteiger partial charge on any atom is -0.377 e. The molecule has 0 radical (unpaired) electrons. The van der Waals surface area contributed by atoms with Gasteiger partial charge in [0.05, 0.1) is 5.52 Å². The lowest BCUT2D eigenvalue weighted by Gasteiger charge is -2.20. The van der Waals surface area contributed by atoms with Crippen molar-refractivity contribution in [2.45, 2.75) is 12.2 Å². The van der Waals surface area contributed by atoms with Crippen LogP contribution < -0.4 is 4.90 Å². The summed E-state index contributed by atoms with van der Waals surface area (Å²) in [6.45, 7) is 1.67. The van der Waals surface area contributed by atoms with E-state index in [0.717, 1.165) is 28.5 Å². The number of halogens is 1. The number of anilines is 1. The van der Waals surface area contributed by atoms with E-state index in [1.165, 1.54) is 5.69 Å². The van der Waals surface area contributed by atoms with Crippen LogP contribution in [-0.4, -0.2) is 44.5 Å². The van der Waals surface area contributed by atoms with Gasteiger partial charge in [-0.25, -0.2) is 0 Å². The van der Waals surface area contributed by atoms with E-state index in [0.29, 0.717) is 0 Å². The van der Waals surface area contributed by atoms with Crippen molar-refractivity contribution < 1.29 is 9.47 Å². The summed E-state index contributed by atoms with van der Waals surface area (Å²) in [4.78, 5) is 6.73. The number of hydrogen-bond acceptors (Lipinski definition) is 4. The van der Waals surface area contributed by atoms with Crippen molar-refractivity contribution >= 4 is 32.5 Å². The molecule has 1 aliphatic heterocycles. The summed E-state index contributed by atoms with van der Waals surface area (Å²) in [5.74, 6) is 0. The van der Waals surface area contributed by atoms with Crippen molar-refractivity contribution in [3.05, 3.63) is 34.9 Å². The van der Waals surface area contributed by atoms with Gasteiger partial charge < -0.3 is 14.4 Å². The molecule has 2 aromatic rings. The average molecular weight is 337 g/mol. The molecule has 1 aliphatic rings. The Morgan fingerprint density at radius 2 is 1.85 bits per heavy atom. The molecule has 0 bridgehead atoms. The Morgan fingerprint density at radius 3 is 2.50 bits per heavy atom. The van der Waals surface area contributed by atoms with Crippen LogP contribution in [0.15, 0.2) is 34.9 Å². The number of fused-ring (bicyclic) bond motifs is 1. The highest BCUT2D eigenvalue weighted by molar-refractivity contribution is 9.10. The Morgan fingerprint density at radius 1 is 1.15 bits per heavy atom. The first kappa shape index (κ1) is 13.8. The SMILES string of the molecule is COC1CN(c2ccnc3ccc(Br)cc23)CC1OC. The number of ether oxygens (including phenoxy) is 2. The van der Waals surface area contributed by atoms with E-state index in [1.54, 1.807) is 14.2 Å². The summed E-state index contributed by atoms with van der Waals surface area (Å²) in [6, 6.07) is 8.21. The lowest BCUT2D eigenvalue weighted by atomic mass is 10.2. The topological polar surface area (TPSA) is 34.6 Å². The van der Waals surface area contributed by atoms with Crippen LogP contribution in [0.4, 0.5) is 5.69 Å². The molecule has 1 aromatic heterocycles. The average Bonchev–Trinajstić information content (AvgIpc) is 2.89. The Bertz CT molecular complexity index is 608. The molecule has 20 heavy (non-hydrogen) atoms. The summed E-state index contributed by atoms with van der Waals surface area (Å²) < 4.78 is 12.1. The van der Waals surface area contributed by atoms with Crippen molar-refractivity contribution in [3.8, 4) is 0 Å². The zero-order valence-electron chi connectivity index (χ0n) is 11.5. The highest BCUT2D eigenvalue weighted by Crippen LogP contribution is 2.31. The van der Waals surface area contributed by atoms with Crippen LogP contribution in [0.3, 0.4) is 0 Å². The van der Waals surface area contributed by atoms with Gasteiger partial charge in [0.15, 0.2) is 0 Å². The molecular weight excluding hydrogens is 320 g/mol. The minimum absolute atomic E-state index is 0.107. The zero-order chi connectivity index (χ0) is 14.1. The Balaban J connectivity index is 2.00. The molecule has 0 saturated carbocycles. The van der Waals surface area contributed by atoms with E-state index in [2.05, 4.69) is 37.9 Å². The van der Waals surface area contributed by atoms with Gasteiger partial charge in [0.2, 0.25) is 0 Å². The third-order valence-electron chi connectivity index (χ3n) is 3.84. The number of pyridine rings is 1. The third kappa shape index (κ3) is 2.41. The molecule has 106 valence electrons. The van der Waals surface area contributed by atoms with Crippen molar-refractivity contribution in [1.82, 2.24) is 4.98 Å². The number of nitrogens with zero attached hydrogens (tertiary/aromatic N) is 2. The third-order valence-corrected chi connectivity index (χ3v) is 4.34. The fraction of sp³-hybridized carbons (Fsp3) is 0.400. The predicted octanol–water partition coefficient (Wildman–Crippen LogP) is 2.85. The zero-order valence-corrected chi connectivity index (χ0v) is 13.1. The van der Waals surface area contributed by atoms with Gasteiger partial charge in [-0.05, 0) is 24.3 Å². The van der Waals surface area contributed by atoms with E-state index in [1.807, 2.05) is 18.3 Å². The van der Waals surface area contributed by atoms with Crippen LogP contribution in [0.25, 0.3) is 10.9 Å². The lowest BCUT2D eigenvalue weighted by Crippen LogP contribution is -2.27. The minimum atomic E-state index is 0.107. The molecule has 0 N–H and O–H groups in total. The van der Waals surface area contributed by atoms with Crippen LogP contribution in [0.1, 0.15) is 0 Å². The number of hydrogen-bond donors (Lipinski definition) is 0. The number of aromatic nitrogens is 1. The van der Waals surface area contributed by atoms with Crippen LogP contribution in [0.2, 0.25) is 0 Å². The molecule has 4 nitrogen and oxygen atoms in total. The highest BCUT2D eigenvalue weighted by atomic mass is 79.9. The summed E-state index contributed by atoms with van der Waals surface area (Å²) in [6.07, 6.45) is 2.07. The van der Waals surface area contributed by atoms with Crippen molar-refractivity contribution in [1.29, 1.82) is 0 Å². The normalized spacial score (nSPS) is 22.6. The number of rotatable bonds is 3. The number of benzene rings is 1. The summed E-state index contributed by atoms with van der Waals surface area (Å²) in [5.41, 5.74) is 2.18. The molecule has 0 aliphatic carbocycles. The van der Waals surface area contributed by atoms with Crippen molar-refractivity contribution in [3.63, 3.8) is 0 Å². The van der Waals surface area contributed by atoms with E-state index in [-0.39, 0.29) is 12.2 Å². The van der Waals surface area contributed by atoms with Crippen molar-refractivity contribution in [2.75, 3.05) is 32.2 Å². The first-order valence-corrected chi connectivity index (χ1v) is 7.37. The molecule has 2 heterocycles. The summed E-state index contributed by atoms with van der Waals surface area (Å²) >= 11 is 3.53. The van der Waals surface area contributed by atoms with E-state index >= 15 is 0 Å². The molecule has 0 amide bonds. The molecule has 5 heteroatoms. The monoisotopic (exact) mass is 336 g/mol. The van der Waals surface area contributed by atoms with Gasteiger partial charge in [0, 0.05) is 49.1 Å². The Kier molecular flexibility index (Phi) is 3.92. The van der Waals surface area contributed by atoms with Crippen molar-refractivity contribution in [2.24, 2.45) is 0 Å². The highest BCUT2D eigenvalue weighted by Gasteiger charge is 2.33. The van der Waals surface area contributed by atoms with Crippen LogP contribution in [0.5, 0.6) is 0 Å². The van der Waals surface area contributed by atoms with E-state index in [9.17, 15) is 0 Å². The van der Waals surface area contributed by atoms with Gasteiger partial charge in [-0.3, -0.25) is 4.98 Å². The van der Waals surface area contributed by atoms with Gasteiger partial charge >= 0.3 is 0 Å². The molecule has 2 atom stereocenters. The fourth-order valence-corrected chi connectivity index (χ4v) is 3.13. The second-order valence-electron chi connectivity index (χ2n) is 4.94. The van der Waals surface area contributed by atoms with Gasteiger partial charge in [0.25, 0.3) is 0 Å². The van der Waals surface area contributed by atoms with E-state index in [4.69, 9.17) is 9.47 Å². The maximum atomic E-state index is 5.51. The Labute approximate surface area is 126 Å².